The minimum Gasteiger partial charge on any atom is -0.389 e. The first kappa shape index (κ1) is 14.4. The summed E-state index contributed by atoms with van der Waals surface area (Å²) in [6, 6.07) is 6.67. The van der Waals surface area contributed by atoms with E-state index in [1.54, 1.807) is 31.2 Å². The molecule has 7 heteroatoms. The van der Waals surface area contributed by atoms with Crippen LogP contribution in [-0.2, 0) is 6.42 Å². The molecule has 3 N–H and O–H groups in total. The van der Waals surface area contributed by atoms with Gasteiger partial charge in [0.15, 0.2) is 0 Å². The lowest BCUT2D eigenvalue weighted by Crippen LogP contribution is -2.19. The van der Waals surface area contributed by atoms with Crippen molar-refractivity contribution < 1.29 is 9.90 Å². The Kier molecular flexibility index (Phi) is 4.65. The van der Waals surface area contributed by atoms with E-state index in [2.05, 4.69) is 20.8 Å². The fourth-order valence-corrected chi connectivity index (χ4v) is 2.26. The van der Waals surface area contributed by atoms with Gasteiger partial charge in [-0.2, -0.15) is 0 Å². The molecule has 1 unspecified atom stereocenters. The van der Waals surface area contributed by atoms with Crippen LogP contribution >= 0.6 is 11.3 Å². The topological polar surface area (TPSA) is 87.1 Å². The van der Waals surface area contributed by atoms with E-state index in [0.29, 0.717) is 10.8 Å². The number of rotatable bonds is 4. The summed E-state index contributed by atoms with van der Waals surface area (Å²) in [5.41, 5.74) is 1.35. The van der Waals surface area contributed by atoms with Gasteiger partial charge in [0.2, 0.25) is 5.13 Å². The van der Waals surface area contributed by atoms with Crippen molar-refractivity contribution in [3.8, 4) is 0 Å². The Bertz CT molecular complexity index is 598. The number of aromatic nitrogens is 2. The number of urea groups is 1. The van der Waals surface area contributed by atoms with Crippen molar-refractivity contribution in [1.82, 2.24) is 10.2 Å². The molecule has 6 nitrogen and oxygen atoms in total. The third-order valence-electron chi connectivity index (χ3n) is 2.62. The zero-order valence-corrected chi connectivity index (χ0v) is 12.1. The van der Waals surface area contributed by atoms with Crippen LogP contribution in [0, 0.1) is 0 Å². The number of hydrogen-bond acceptors (Lipinski definition) is 5. The van der Waals surface area contributed by atoms with Crippen LogP contribution in [0.2, 0.25) is 0 Å². The van der Waals surface area contributed by atoms with E-state index in [4.69, 9.17) is 0 Å². The summed E-state index contributed by atoms with van der Waals surface area (Å²) in [6.45, 7) is 3.65. The monoisotopic (exact) mass is 292 g/mol. The smallest absolute Gasteiger partial charge is 0.325 e. The summed E-state index contributed by atoms with van der Waals surface area (Å²) in [6.07, 6.45) is 0.215. The number of carbonyl (C=O) groups is 1. The summed E-state index contributed by atoms with van der Waals surface area (Å²) >= 11 is 1.35. The molecule has 106 valence electrons. The first-order valence-electron chi connectivity index (χ1n) is 6.27. The molecule has 2 rings (SSSR count). The lowest BCUT2D eigenvalue weighted by Gasteiger charge is -2.08. The van der Waals surface area contributed by atoms with Gasteiger partial charge in [0.05, 0.1) is 6.10 Å². The van der Waals surface area contributed by atoms with Gasteiger partial charge < -0.3 is 10.4 Å². The Morgan fingerprint density at radius 1 is 1.40 bits per heavy atom. The van der Waals surface area contributed by atoms with Crippen LogP contribution in [0.15, 0.2) is 24.3 Å². The second-order valence-electron chi connectivity index (χ2n) is 4.24. The average molecular weight is 292 g/mol. The van der Waals surface area contributed by atoms with Gasteiger partial charge in [-0.3, -0.25) is 5.32 Å². The van der Waals surface area contributed by atoms with Crippen LogP contribution in [0.3, 0.4) is 0 Å². The van der Waals surface area contributed by atoms with E-state index in [-0.39, 0.29) is 6.03 Å². The molecule has 1 atom stereocenters. The van der Waals surface area contributed by atoms with Crippen molar-refractivity contribution >= 4 is 28.2 Å². The summed E-state index contributed by atoms with van der Waals surface area (Å²) in [5.74, 6) is 0. The zero-order chi connectivity index (χ0) is 14.5. The SMILES string of the molecule is CCc1nnc(NC(=O)Nc2cccc(C(C)O)c2)s1. The number of aliphatic hydroxyl groups excluding tert-OH is 1. The lowest BCUT2D eigenvalue weighted by molar-refractivity contribution is 0.199. The molecule has 0 radical (unpaired) electrons. The highest BCUT2D eigenvalue weighted by Crippen LogP contribution is 2.18. The van der Waals surface area contributed by atoms with Gasteiger partial charge in [-0.15, -0.1) is 10.2 Å². The van der Waals surface area contributed by atoms with Crippen LogP contribution in [0.1, 0.15) is 30.5 Å². The maximum absolute atomic E-state index is 11.8. The minimum absolute atomic E-state index is 0.383. The van der Waals surface area contributed by atoms with Gasteiger partial charge in [0.1, 0.15) is 5.01 Å². The van der Waals surface area contributed by atoms with E-state index in [9.17, 15) is 9.90 Å². The highest BCUT2D eigenvalue weighted by Gasteiger charge is 2.08. The van der Waals surface area contributed by atoms with E-state index in [0.717, 1.165) is 17.0 Å². The molecule has 0 saturated heterocycles. The summed E-state index contributed by atoms with van der Waals surface area (Å²) < 4.78 is 0. The summed E-state index contributed by atoms with van der Waals surface area (Å²) in [7, 11) is 0. The minimum atomic E-state index is -0.574. The molecule has 2 aromatic rings. The molecule has 0 bridgehead atoms. The highest BCUT2D eigenvalue weighted by atomic mass is 32.1. The second-order valence-corrected chi connectivity index (χ2v) is 5.30. The van der Waals surface area contributed by atoms with Crippen LogP contribution in [-0.4, -0.2) is 21.3 Å². The van der Waals surface area contributed by atoms with Crippen LogP contribution in [0.5, 0.6) is 0 Å². The largest absolute Gasteiger partial charge is 0.389 e. The summed E-state index contributed by atoms with van der Waals surface area (Å²) in [4.78, 5) is 11.8. The van der Waals surface area contributed by atoms with Crippen molar-refractivity contribution in [3.05, 3.63) is 34.8 Å². The van der Waals surface area contributed by atoms with Crippen molar-refractivity contribution in [2.75, 3.05) is 10.6 Å². The van der Waals surface area contributed by atoms with Gasteiger partial charge in [-0.1, -0.05) is 30.4 Å². The first-order valence-corrected chi connectivity index (χ1v) is 7.08. The highest BCUT2D eigenvalue weighted by molar-refractivity contribution is 7.15. The fraction of sp³-hybridized carbons (Fsp3) is 0.308. The van der Waals surface area contributed by atoms with Gasteiger partial charge in [0, 0.05) is 5.69 Å². The number of nitrogens with zero attached hydrogens (tertiary/aromatic N) is 2. The first-order chi connectivity index (χ1) is 9.58. The third-order valence-corrected chi connectivity index (χ3v) is 3.60. The quantitative estimate of drug-likeness (QED) is 0.808. The Morgan fingerprint density at radius 3 is 2.85 bits per heavy atom. The second kappa shape index (κ2) is 6.44. The Balaban J connectivity index is 1.99. The average Bonchev–Trinajstić information content (AvgIpc) is 2.86. The van der Waals surface area contributed by atoms with Gasteiger partial charge in [0.25, 0.3) is 0 Å². The molecule has 1 aromatic heterocycles. The van der Waals surface area contributed by atoms with Gasteiger partial charge >= 0.3 is 6.03 Å². The predicted octanol–water partition coefficient (Wildman–Crippen LogP) is 2.80. The summed E-state index contributed by atoms with van der Waals surface area (Å²) in [5, 5.41) is 24.0. The van der Waals surface area contributed by atoms with E-state index in [1.807, 2.05) is 6.92 Å². The number of nitrogens with one attached hydrogen (secondary N) is 2. The molecule has 0 spiro atoms. The molecule has 0 aliphatic carbocycles. The molecule has 0 fully saturated rings. The van der Waals surface area contributed by atoms with Crippen molar-refractivity contribution in [1.29, 1.82) is 0 Å². The molecule has 0 aliphatic heterocycles. The van der Waals surface area contributed by atoms with Gasteiger partial charge in [-0.25, -0.2) is 4.79 Å². The molecular formula is C13H16N4O2S. The normalized spacial score (nSPS) is 11.9. The number of aryl methyl sites for hydroxylation is 1. The third kappa shape index (κ3) is 3.75. The Morgan fingerprint density at radius 2 is 2.20 bits per heavy atom. The van der Waals surface area contributed by atoms with E-state index in [1.165, 1.54) is 11.3 Å². The molecule has 20 heavy (non-hydrogen) atoms. The van der Waals surface area contributed by atoms with Crippen LogP contribution in [0.25, 0.3) is 0 Å². The lowest BCUT2D eigenvalue weighted by atomic mass is 10.1. The number of carbonyl (C=O) groups excluding carboxylic acids is 1. The van der Waals surface area contributed by atoms with Crippen molar-refractivity contribution in [2.24, 2.45) is 0 Å². The van der Waals surface area contributed by atoms with Crippen molar-refractivity contribution in [2.45, 2.75) is 26.4 Å². The fourth-order valence-electron chi connectivity index (χ4n) is 1.58. The molecule has 2 amide bonds. The number of aliphatic hydroxyl groups is 1. The molecule has 1 heterocycles. The molecule has 0 saturated carbocycles. The standard InChI is InChI=1S/C13H16N4O2S/c1-3-11-16-17-13(20-11)15-12(19)14-10-6-4-5-9(7-10)8(2)18/h4-8,18H,3H2,1-2H3,(H2,14,15,17,19). The number of anilines is 2. The molecular weight excluding hydrogens is 276 g/mol. The predicted molar refractivity (Wildman–Crippen MR) is 79.0 cm³/mol. The van der Waals surface area contributed by atoms with Crippen molar-refractivity contribution in [3.63, 3.8) is 0 Å². The van der Waals surface area contributed by atoms with E-state index < -0.39 is 6.10 Å². The zero-order valence-electron chi connectivity index (χ0n) is 11.3. The molecule has 1 aromatic carbocycles. The Labute approximate surface area is 120 Å². The number of benzene rings is 1. The van der Waals surface area contributed by atoms with Crippen LogP contribution in [0.4, 0.5) is 15.6 Å². The Hall–Kier alpha value is -1.99. The maximum atomic E-state index is 11.8. The van der Waals surface area contributed by atoms with E-state index >= 15 is 0 Å². The van der Waals surface area contributed by atoms with Crippen LogP contribution < -0.4 is 10.6 Å². The maximum Gasteiger partial charge on any atom is 0.325 e. The van der Waals surface area contributed by atoms with Gasteiger partial charge in [-0.05, 0) is 31.0 Å². The molecule has 0 aliphatic rings. The number of hydrogen-bond donors (Lipinski definition) is 3. The number of amides is 2.